The van der Waals surface area contributed by atoms with Crippen LogP contribution in [0.25, 0.3) is 0 Å². The standard InChI is InChI=1S/C26H33N3O2/c1-25(2,3)31-24(30)29(23-13-22(23)19-7-5-4-6-8-19)18-26(10-11-26)17-28-15-20-9-12-27-14-21(20)16-28/h4-9,12,14,22-23H,10-11,13,15-18H2,1-3H3/t22-,23+/m1/s1. The van der Waals surface area contributed by atoms with E-state index in [1.165, 1.54) is 29.5 Å². The molecule has 2 heterocycles. The first-order valence-electron chi connectivity index (χ1n) is 11.5. The normalized spacial score (nSPS) is 23.8. The van der Waals surface area contributed by atoms with Crippen LogP contribution in [-0.2, 0) is 17.8 Å². The molecule has 2 fully saturated rings. The number of hydrogen-bond acceptors (Lipinski definition) is 4. The van der Waals surface area contributed by atoms with Gasteiger partial charge < -0.3 is 9.64 Å². The summed E-state index contributed by atoms with van der Waals surface area (Å²) in [6, 6.07) is 13.0. The van der Waals surface area contributed by atoms with Crippen LogP contribution in [0.3, 0.4) is 0 Å². The Labute approximate surface area is 185 Å². The van der Waals surface area contributed by atoms with Gasteiger partial charge in [0.1, 0.15) is 5.60 Å². The molecule has 0 N–H and O–H groups in total. The minimum Gasteiger partial charge on any atom is -0.444 e. The van der Waals surface area contributed by atoms with Crippen LogP contribution in [0, 0.1) is 5.41 Å². The first-order chi connectivity index (χ1) is 14.8. The largest absolute Gasteiger partial charge is 0.444 e. The molecule has 164 valence electrons. The van der Waals surface area contributed by atoms with Gasteiger partial charge in [-0.05, 0) is 62.8 Å². The minimum atomic E-state index is -0.479. The lowest BCUT2D eigenvalue weighted by Crippen LogP contribution is -2.44. The minimum absolute atomic E-state index is 0.156. The molecule has 0 spiro atoms. The van der Waals surface area contributed by atoms with Crippen molar-refractivity contribution in [3.63, 3.8) is 0 Å². The van der Waals surface area contributed by atoms with E-state index in [-0.39, 0.29) is 17.6 Å². The van der Waals surface area contributed by atoms with Gasteiger partial charge in [0.15, 0.2) is 0 Å². The topological polar surface area (TPSA) is 45.7 Å². The summed E-state index contributed by atoms with van der Waals surface area (Å²) in [7, 11) is 0. The fourth-order valence-corrected chi connectivity index (χ4v) is 5.00. The summed E-state index contributed by atoms with van der Waals surface area (Å²) >= 11 is 0. The van der Waals surface area contributed by atoms with Crippen molar-refractivity contribution in [2.45, 2.75) is 70.7 Å². The Morgan fingerprint density at radius 2 is 1.90 bits per heavy atom. The molecule has 5 heteroatoms. The number of fused-ring (bicyclic) bond motifs is 1. The second-order valence-electron chi connectivity index (χ2n) is 10.7. The smallest absolute Gasteiger partial charge is 0.410 e. The lowest BCUT2D eigenvalue weighted by Gasteiger charge is -2.32. The molecule has 2 aliphatic carbocycles. The Bertz CT molecular complexity index is 924. The molecule has 2 saturated carbocycles. The van der Waals surface area contributed by atoms with Crippen LogP contribution in [0.4, 0.5) is 4.79 Å². The van der Waals surface area contributed by atoms with E-state index in [0.717, 1.165) is 32.6 Å². The van der Waals surface area contributed by atoms with Gasteiger partial charge in [-0.2, -0.15) is 0 Å². The van der Waals surface area contributed by atoms with Gasteiger partial charge >= 0.3 is 6.09 Å². The summed E-state index contributed by atoms with van der Waals surface area (Å²) in [5, 5.41) is 0. The van der Waals surface area contributed by atoms with Crippen molar-refractivity contribution in [2.24, 2.45) is 5.41 Å². The van der Waals surface area contributed by atoms with E-state index in [0.29, 0.717) is 5.92 Å². The average molecular weight is 420 g/mol. The summed E-state index contributed by atoms with van der Waals surface area (Å²) in [6.45, 7) is 9.63. The number of nitrogens with zero attached hydrogens (tertiary/aromatic N) is 3. The molecule has 1 aromatic heterocycles. The highest BCUT2D eigenvalue weighted by Crippen LogP contribution is 2.52. The Balaban J connectivity index is 1.29. The second-order valence-corrected chi connectivity index (χ2v) is 10.7. The third kappa shape index (κ3) is 4.62. The van der Waals surface area contributed by atoms with Gasteiger partial charge in [0.25, 0.3) is 0 Å². The molecule has 2 atom stereocenters. The van der Waals surface area contributed by atoms with Gasteiger partial charge in [0, 0.05) is 55.9 Å². The lowest BCUT2D eigenvalue weighted by molar-refractivity contribution is 0.0170. The van der Waals surface area contributed by atoms with E-state index >= 15 is 0 Å². The summed E-state index contributed by atoms with van der Waals surface area (Å²) in [4.78, 5) is 22.1. The van der Waals surface area contributed by atoms with Crippen molar-refractivity contribution in [1.29, 1.82) is 0 Å². The molecule has 1 amide bonds. The third-order valence-corrected chi connectivity index (χ3v) is 6.83. The maximum absolute atomic E-state index is 13.2. The van der Waals surface area contributed by atoms with Crippen LogP contribution in [0.2, 0.25) is 0 Å². The number of carbonyl (C=O) groups excluding carboxylic acids is 1. The monoisotopic (exact) mass is 419 g/mol. The van der Waals surface area contributed by atoms with Crippen molar-refractivity contribution < 1.29 is 9.53 Å². The van der Waals surface area contributed by atoms with Gasteiger partial charge in [-0.15, -0.1) is 0 Å². The Morgan fingerprint density at radius 1 is 1.16 bits per heavy atom. The highest BCUT2D eigenvalue weighted by Gasteiger charge is 2.52. The van der Waals surface area contributed by atoms with Gasteiger partial charge in [0.2, 0.25) is 0 Å². The van der Waals surface area contributed by atoms with Gasteiger partial charge in [-0.1, -0.05) is 30.3 Å². The molecule has 1 aliphatic heterocycles. The van der Waals surface area contributed by atoms with Crippen molar-refractivity contribution in [3.05, 3.63) is 65.5 Å². The van der Waals surface area contributed by atoms with Crippen LogP contribution in [-0.4, -0.2) is 45.6 Å². The molecular weight excluding hydrogens is 386 g/mol. The van der Waals surface area contributed by atoms with Crippen LogP contribution in [0.15, 0.2) is 48.8 Å². The van der Waals surface area contributed by atoms with Gasteiger partial charge in [-0.3, -0.25) is 9.88 Å². The summed E-state index contributed by atoms with van der Waals surface area (Å²) in [5.41, 5.74) is 3.77. The predicted octanol–water partition coefficient (Wildman–Crippen LogP) is 4.97. The molecule has 1 aromatic carbocycles. The average Bonchev–Trinajstić information content (AvgIpc) is 3.62. The number of ether oxygens (including phenoxy) is 1. The number of amides is 1. The number of pyridine rings is 1. The third-order valence-electron chi connectivity index (χ3n) is 6.83. The molecule has 5 rings (SSSR count). The maximum Gasteiger partial charge on any atom is 0.410 e. The van der Waals surface area contributed by atoms with Crippen molar-refractivity contribution in [2.75, 3.05) is 13.1 Å². The highest BCUT2D eigenvalue weighted by atomic mass is 16.6. The van der Waals surface area contributed by atoms with E-state index in [4.69, 9.17) is 4.74 Å². The Morgan fingerprint density at radius 3 is 2.58 bits per heavy atom. The molecule has 31 heavy (non-hydrogen) atoms. The van der Waals surface area contributed by atoms with Crippen LogP contribution >= 0.6 is 0 Å². The fraction of sp³-hybridized carbons (Fsp3) is 0.538. The number of rotatable bonds is 6. The number of carbonyl (C=O) groups is 1. The van der Waals surface area contributed by atoms with Gasteiger partial charge in [-0.25, -0.2) is 4.79 Å². The van der Waals surface area contributed by atoms with E-state index in [2.05, 4.69) is 51.2 Å². The zero-order valence-corrected chi connectivity index (χ0v) is 18.9. The van der Waals surface area contributed by atoms with E-state index in [1.54, 1.807) is 0 Å². The highest BCUT2D eigenvalue weighted by molar-refractivity contribution is 5.69. The lowest BCUT2D eigenvalue weighted by atomic mass is 10.1. The second kappa shape index (κ2) is 7.63. The molecule has 0 radical (unpaired) electrons. The molecule has 2 aromatic rings. The van der Waals surface area contributed by atoms with Crippen LogP contribution < -0.4 is 0 Å². The quantitative estimate of drug-likeness (QED) is 0.663. The molecule has 0 saturated heterocycles. The maximum atomic E-state index is 13.2. The van der Waals surface area contributed by atoms with E-state index in [9.17, 15) is 4.79 Å². The first kappa shape index (κ1) is 20.5. The Kier molecular flexibility index (Phi) is 5.04. The van der Waals surface area contributed by atoms with Crippen molar-refractivity contribution >= 4 is 6.09 Å². The zero-order chi connectivity index (χ0) is 21.6. The molecule has 0 unspecified atom stereocenters. The van der Waals surface area contributed by atoms with Gasteiger partial charge in [0.05, 0.1) is 0 Å². The van der Waals surface area contributed by atoms with Crippen LogP contribution in [0.1, 0.15) is 62.6 Å². The first-order valence-corrected chi connectivity index (χ1v) is 11.5. The van der Waals surface area contributed by atoms with Crippen molar-refractivity contribution in [3.8, 4) is 0 Å². The fourth-order valence-electron chi connectivity index (χ4n) is 5.00. The Hall–Kier alpha value is -2.40. The SMILES string of the molecule is CC(C)(C)OC(=O)N(CC1(CN2Cc3ccncc3C2)CC1)[C@H]1C[C@@H]1c1ccccc1. The summed E-state index contributed by atoms with van der Waals surface area (Å²) in [6.07, 6.45) is 7.11. The van der Waals surface area contributed by atoms with Crippen molar-refractivity contribution in [1.82, 2.24) is 14.8 Å². The molecule has 5 nitrogen and oxygen atoms in total. The molecule has 3 aliphatic rings. The van der Waals surface area contributed by atoms with E-state index in [1.807, 2.05) is 33.2 Å². The summed E-state index contributed by atoms with van der Waals surface area (Å²) < 4.78 is 5.84. The predicted molar refractivity (Wildman–Crippen MR) is 121 cm³/mol. The number of hydrogen-bond donors (Lipinski definition) is 0. The summed E-state index contributed by atoms with van der Waals surface area (Å²) in [5.74, 6) is 0.423. The zero-order valence-electron chi connectivity index (χ0n) is 18.9. The number of benzene rings is 1. The van der Waals surface area contributed by atoms with E-state index < -0.39 is 5.60 Å². The number of aromatic nitrogens is 1. The molecular formula is C26H33N3O2. The molecule has 0 bridgehead atoms. The van der Waals surface area contributed by atoms with Crippen LogP contribution in [0.5, 0.6) is 0 Å².